The van der Waals surface area contributed by atoms with E-state index in [-0.39, 0.29) is 22.6 Å². The van der Waals surface area contributed by atoms with Crippen LogP contribution < -0.4 is 20.7 Å². The Labute approximate surface area is 188 Å². The molecule has 1 fully saturated rings. The van der Waals surface area contributed by atoms with Crippen molar-refractivity contribution >= 4 is 33.3 Å². The van der Waals surface area contributed by atoms with E-state index in [1.165, 1.54) is 24.3 Å². The summed E-state index contributed by atoms with van der Waals surface area (Å²) in [4.78, 5) is 30.5. The minimum atomic E-state index is -3.67. The maximum Gasteiger partial charge on any atom is 0.255 e. The highest BCUT2D eigenvalue weighted by molar-refractivity contribution is 7.89. The molecule has 3 rings (SSSR count). The van der Waals surface area contributed by atoms with Crippen LogP contribution in [0.1, 0.15) is 44.0 Å². The molecule has 32 heavy (non-hydrogen) atoms. The lowest BCUT2D eigenvalue weighted by Crippen LogP contribution is -2.41. The molecule has 1 unspecified atom stereocenters. The smallest absolute Gasteiger partial charge is 0.255 e. The number of hydrogen-bond donors (Lipinski definition) is 3. The second-order valence-electron chi connectivity index (χ2n) is 8.93. The van der Waals surface area contributed by atoms with Crippen LogP contribution in [-0.4, -0.2) is 43.8 Å². The fourth-order valence-electron chi connectivity index (χ4n) is 3.52. The predicted molar refractivity (Wildman–Crippen MR) is 123 cm³/mol. The van der Waals surface area contributed by atoms with Gasteiger partial charge in [0, 0.05) is 24.2 Å². The molecule has 1 saturated heterocycles. The summed E-state index contributed by atoms with van der Waals surface area (Å²) in [5.41, 5.74) is 5.65. The van der Waals surface area contributed by atoms with E-state index in [2.05, 4.69) is 15.0 Å². The molecule has 4 N–H and O–H groups in total. The number of aromatic nitrogens is 1. The zero-order valence-electron chi connectivity index (χ0n) is 18.5. The molecule has 9 nitrogen and oxygen atoms in total. The number of primary amides is 1. The van der Waals surface area contributed by atoms with E-state index in [0.717, 1.165) is 25.2 Å². The number of benzene rings is 1. The van der Waals surface area contributed by atoms with Gasteiger partial charge in [-0.3, -0.25) is 9.59 Å². The SMILES string of the molecule is CC(C)(C)NS(=O)(=O)c1ccc(C(=O)Nc2ccc(N3CCCC(C(N)=O)C3)nc2)cc1. The highest BCUT2D eigenvalue weighted by Gasteiger charge is 2.25. The van der Waals surface area contributed by atoms with Gasteiger partial charge in [-0.2, -0.15) is 0 Å². The van der Waals surface area contributed by atoms with Crippen molar-refractivity contribution < 1.29 is 18.0 Å². The summed E-state index contributed by atoms with van der Waals surface area (Å²) in [5.74, 6) is -0.143. The van der Waals surface area contributed by atoms with Crippen molar-refractivity contribution in [1.29, 1.82) is 0 Å². The van der Waals surface area contributed by atoms with Crippen molar-refractivity contribution in [2.24, 2.45) is 11.7 Å². The maximum absolute atomic E-state index is 12.5. The fourth-order valence-corrected chi connectivity index (χ4v) is 4.93. The topological polar surface area (TPSA) is 134 Å². The van der Waals surface area contributed by atoms with Gasteiger partial charge in [0.25, 0.3) is 5.91 Å². The number of sulfonamides is 1. The number of carbonyl (C=O) groups excluding carboxylic acids is 2. The van der Waals surface area contributed by atoms with Gasteiger partial charge in [-0.05, 0) is 70.0 Å². The summed E-state index contributed by atoms with van der Waals surface area (Å²) in [6.07, 6.45) is 3.20. The quantitative estimate of drug-likeness (QED) is 0.606. The van der Waals surface area contributed by atoms with Gasteiger partial charge in [0.2, 0.25) is 15.9 Å². The van der Waals surface area contributed by atoms with Crippen LogP contribution in [0.2, 0.25) is 0 Å². The lowest BCUT2D eigenvalue weighted by atomic mass is 9.97. The number of rotatable bonds is 6. The summed E-state index contributed by atoms with van der Waals surface area (Å²) in [6.45, 7) is 6.60. The van der Waals surface area contributed by atoms with Crippen molar-refractivity contribution in [3.05, 3.63) is 48.2 Å². The molecule has 0 saturated carbocycles. The number of carbonyl (C=O) groups is 2. The van der Waals surface area contributed by atoms with Gasteiger partial charge in [-0.15, -0.1) is 0 Å². The summed E-state index contributed by atoms with van der Waals surface area (Å²) in [6, 6.07) is 9.25. The average Bonchev–Trinajstić information content (AvgIpc) is 2.73. The van der Waals surface area contributed by atoms with Gasteiger partial charge in [-0.25, -0.2) is 18.1 Å². The highest BCUT2D eigenvalue weighted by Crippen LogP contribution is 2.23. The molecule has 2 aromatic rings. The monoisotopic (exact) mass is 459 g/mol. The first-order valence-electron chi connectivity index (χ1n) is 10.4. The molecule has 0 aliphatic carbocycles. The third-order valence-electron chi connectivity index (χ3n) is 5.02. The van der Waals surface area contributed by atoms with Crippen molar-refractivity contribution in [3.8, 4) is 0 Å². The van der Waals surface area contributed by atoms with E-state index >= 15 is 0 Å². The van der Waals surface area contributed by atoms with Crippen LogP contribution in [0.25, 0.3) is 0 Å². The summed E-state index contributed by atoms with van der Waals surface area (Å²) >= 11 is 0. The normalized spacial score (nSPS) is 17.1. The van der Waals surface area contributed by atoms with E-state index in [1.807, 2.05) is 4.90 Å². The minimum absolute atomic E-state index is 0.0887. The van der Waals surface area contributed by atoms with Crippen molar-refractivity contribution in [1.82, 2.24) is 9.71 Å². The van der Waals surface area contributed by atoms with E-state index in [4.69, 9.17) is 5.73 Å². The average molecular weight is 460 g/mol. The maximum atomic E-state index is 12.5. The Morgan fingerprint density at radius 2 is 1.81 bits per heavy atom. The minimum Gasteiger partial charge on any atom is -0.369 e. The molecule has 172 valence electrons. The lowest BCUT2D eigenvalue weighted by molar-refractivity contribution is -0.122. The van der Waals surface area contributed by atoms with Crippen LogP contribution in [0.15, 0.2) is 47.5 Å². The van der Waals surface area contributed by atoms with Gasteiger partial charge in [0.05, 0.1) is 22.7 Å². The molecule has 2 heterocycles. The van der Waals surface area contributed by atoms with E-state index in [1.54, 1.807) is 39.1 Å². The lowest BCUT2D eigenvalue weighted by Gasteiger charge is -2.32. The second-order valence-corrected chi connectivity index (χ2v) is 10.6. The summed E-state index contributed by atoms with van der Waals surface area (Å²) in [7, 11) is -3.67. The molecule has 1 aliphatic rings. The molecule has 1 aromatic heterocycles. The van der Waals surface area contributed by atoms with Crippen LogP contribution in [-0.2, 0) is 14.8 Å². The number of hydrogen-bond acceptors (Lipinski definition) is 6. The van der Waals surface area contributed by atoms with Crippen LogP contribution in [0, 0.1) is 5.92 Å². The second kappa shape index (κ2) is 9.25. The number of piperidine rings is 1. The predicted octanol–water partition coefficient (Wildman–Crippen LogP) is 2.11. The number of nitrogens with two attached hydrogens (primary N) is 1. The third kappa shape index (κ3) is 6.04. The molecule has 2 amide bonds. The van der Waals surface area contributed by atoms with E-state index < -0.39 is 15.6 Å². The van der Waals surface area contributed by atoms with Crippen molar-refractivity contribution in [3.63, 3.8) is 0 Å². The first-order chi connectivity index (χ1) is 14.9. The standard InChI is InChI=1S/C22H29N5O4S/c1-22(2,3)26-32(30,31)18-9-6-15(7-10-18)21(29)25-17-8-11-19(24-13-17)27-12-4-5-16(14-27)20(23)28/h6-11,13,16,26H,4-5,12,14H2,1-3H3,(H2,23,28)(H,25,29). The Morgan fingerprint density at radius 3 is 2.38 bits per heavy atom. The van der Waals surface area contributed by atoms with Crippen molar-refractivity contribution in [2.45, 2.75) is 44.0 Å². The molecule has 1 atom stereocenters. The Hall–Kier alpha value is -2.98. The van der Waals surface area contributed by atoms with Crippen LogP contribution >= 0.6 is 0 Å². The van der Waals surface area contributed by atoms with Gasteiger partial charge >= 0.3 is 0 Å². The summed E-state index contributed by atoms with van der Waals surface area (Å²) < 4.78 is 27.4. The largest absolute Gasteiger partial charge is 0.369 e. The fraction of sp³-hybridized carbons (Fsp3) is 0.409. The van der Waals surface area contributed by atoms with Crippen LogP contribution in [0.4, 0.5) is 11.5 Å². The van der Waals surface area contributed by atoms with Gasteiger partial charge in [0.15, 0.2) is 0 Å². The Balaban J connectivity index is 1.64. The summed E-state index contributed by atoms with van der Waals surface area (Å²) in [5, 5.41) is 2.75. The molecule has 10 heteroatoms. The van der Waals surface area contributed by atoms with Crippen LogP contribution in [0.5, 0.6) is 0 Å². The van der Waals surface area contributed by atoms with E-state index in [0.29, 0.717) is 17.8 Å². The van der Waals surface area contributed by atoms with Gasteiger partial charge in [0.1, 0.15) is 5.82 Å². The number of nitrogens with zero attached hydrogens (tertiary/aromatic N) is 2. The first kappa shape index (κ1) is 23.7. The van der Waals surface area contributed by atoms with Gasteiger partial charge < -0.3 is 16.0 Å². The molecule has 1 aliphatic heterocycles. The Kier molecular flexibility index (Phi) is 6.85. The molecule has 0 bridgehead atoms. The highest BCUT2D eigenvalue weighted by atomic mass is 32.2. The zero-order chi connectivity index (χ0) is 23.5. The third-order valence-corrected chi connectivity index (χ3v) is 6.79. The molecule has 1 aromatic carbocycles. The number of anilines is 2. The Bertz CT molecular complexity index is 1080. The van der Waals surface area contributed by atoms with Crippen LogP contribution in [0.3, 0.4) is 0 Å². The molecular formula is C22H29N5O4S. The number of pyridine rings is 1. The molecule has 0 radical (unpaired) electrons. The number of amides is 2. The van der Waals surface area contributed by atoms with Crippen molar-refractivity contribution in [2.75, 3.05) is 23.3 Å². The molecule has 0 spiro atoms. The van der Waals surface area contributed by atoms with Gasteiger partial charge in [-0.1, -0.05) is 0 Å². The zero-order valence-corrected chi connectivity index (χ0v) is 19.3. The molecular weight excluding hydrogens is 430 g/mol. The first-order valence-corrected chi connectivity index (χ1v) is 11.9. The Morgan fingerprint density at radius 1 is 1.12 bits per heavy atom. The van der Waals surface area contributed by atoms with E-state index in [9.17, 15) is 18.0 Å². The number of nitrogens with one attached hydrogen (secondary N) is 2.